The zero-order valence-corrected chi connectivity index (χ0v) is 11.5. The molecule has 4 atom stereocenters. The first-order chi connectivity index (χ1) is 9.19. The zero-order valence-electron chi connectivity index (χ0n) is 11.5. The minimum absolute atomic E-state index is 0.590. The van der Waals surface area contributed by atoms with Gasteiger partial charge in [-0.1, -0.05) is 0 Å². The monoisotopic (exact) mass is 253 g/mol. The van der Waals surface area contributed by atoms with Gasteiger partial charge in [-0.05, 0) is 68.4 Å². The summed E-state index contributed by atoms with van der Waals surface area (Å²) in [5, 5.41) is 12.9. The van der Waals surface area contributed by atoms with Crippen LogP contribution in [-0.2, 0) is 0 Å². The van der Waals surface area contributed by atoms with Gasteiger partial charge in [-0.3, -0.25) is 0 Å². The summed E-state index contributed by atoms with van der Waals surface area (Å²) in [4.78, 5) is 4.55. The van der Waals surface area contributed by atoms with Crippen LogP contribution in [0.25, 0.3) is 0 Å². The number of rotatable bonds is 2. The quantitative estimate of drug-likeness (QED) is 0.881. The van der Waals surface area contributed by atoms with Crippen LogP contribution in [0, 0.1) is 48.9 Å². The van der Waals surface area contributed by atoms with Gasteiger partial charge in [0.05, 0.1) is 5.56 Å². The Hall–Kier alpha value is -1.56. The molecule has 3 saturated carbocycles. The van der Waals surface area contributed by atoms with Gasteiger partial charge >= 0.3 is 0 Å². The molecule has 0 saturated heterocycles. The van der Waals surface area contributed by atoms with E-state index in [0.29, 0.717) is 6.04 Å². The van der Waals surface area contributed by atoms with Crippen molar-refractivity contribution in [2.75, 3.05) is 5.32 Å². The molecule has 3 heteroatoms. The first-order valence-corrected chi connectivity index (χ1v) is 7.34. The van der Waals surface area contributed by atoms with Crippen molar-refractivity contribution in [3.8, 4) is 6.07 Å². The van der Waals surface area contributed by atoms with E-state index in [1.807, 2.05) is 19.9 Å². The fourth-order valence-electron chi connectivity index (χ4n) is 4.76. The van der Waals surface area contributed by atoms with Crippen molar-refractivity contribution in [1.29, 1.82) is 5.26 Å². The molecular weight excluding hydrogens is 234 g/mol. The topological polar surface area (TPSA) is 48.7 Å². The molecule has 0 radical (unpaired) electrons. The molecule has 0 spiro atoms. The van der Waals surface area contributed by atoms with E-state index in [9.17, 15) is 5.26 Å². The van der Waals surface area contributed by atoms with Crippen LogP contribution in [0.2, 0.25) is 0 Å². The van der Waals surface area contributed by atoms with E-state index in [-0.39, 0.29) is 0 Å². The molecular formula is C16H19N3. The maximum absolute atomic E-state index is 9.31. The molecule has 19 heavy (non-hydrogen) atoms. The molecule has 1 N–H and O–H groups in total. The molecule has 1 heterocycles. The molecule has 4 unspecified atom stereocenters. The van der Waals surface area contributed by atoms with Crippen LogP contribution < -0.4 is 5.32 Å². The van der Waals surface area contributed by atoms with E-state index >= 15 is 0 Å². The fraction of sp³-hybridized carbons (Fsp3) is 0.625. The first-order valence-electron chi connectivity index (χ1n) is 7.34. The predicted octanol–water partition coefficient (Wildman–Crippen LogP) is 3.03. The summed E-state index contributed by atoms with van der Waals surface area (Å²) in [5.74, 6) is 4.45. The number of nitrogens with zero attached hydrogens (tertiary/aromatic N) is 2. The summed E-state index contributed by atoms with van der Waals surface area (Å²) < 4.78 is 0. The number of aryl methyl sites for hydroxylation is 2. The van der Waals surface area contributed by atoms with Gasteiger partial charge in [0.25, 0.3) is 0 Å². The van der Waals surface area contributed by atoms with Crippen LogP contribution in [-0.4, -0.2) is 11.0 Å². The van der Waals surface area contributed by atoms with Crippen molar-refractivity contribution in [2.45, 2.75) is 39.2 Å². The number of aromatic nitrogens is 1. The minimum Gasteiger partial charge on any atom is -0.366 e. The molecule has 1 aromatic heterocycles. The molecule has 98 valence electrons. The summed E-state index contributed by atoms with van der Waals surface area (Å²) >= 11 is 0. The highest BCUT2D eigenvalue weighted by molar-refractivity contribution is 5.58. The number of hydrogen-bond donors (Lipinski definition) is 1. The third-order valence-electron chi connectivity index (χ3n) is 5.50. The van der Waals surface area contributed by atoms with Crippen LogP contribution in [0.15, 0.2) is 6.07 Å². The summed E-state index contributed by atoms with van der Waals surface area (Å²) in [6.07, 6.45) is 4.31. The number of anilines is 1. The average Bonchev–Trinajstić information content (AvgIpc) is 2.78. The summed E-state index contributed by atoms with van der Waals surface area (Å²) in [5.41, 5.74) is 2.75. The van der Waals surface area contributed by atoms with Gasteiger partial charge in [0.1, 0.15) is 11.9 Å². The maximum atomic E-state index is 9.31. The highest BCUT2D eigenvalue weighted by atomic mass is 15.1. The average molecular weight is 253 g/mol. The van der Waals surface area contributed by atoms with Crippen LogP contribution in [0.4, 0.5) is 5.82 Å². The Morgan fingerprint density at radius 3 is 2.58 bits per heavy atom. The molecule has 0 amide bonds. The lowest BCUT2D eigenvalue weighted by molar-refractivity contribution is 0.456. The Bertz CT molecular complexity index is 570. The lowest BCUT2D eigenvalue weighted by Crippen LogP contribution is -2.15. The molecule has 3 fully saturated rings. The number of hydrogen-bond acceptors (Lipinski definition) is 3. The Kier molecular flexibility index (Phi) is 2.21. The molecule has 1 aromatic rings. The first kappa shape index (κ1) is 11.3. The Morgan fingerprint density at radius 2 is 1.95 bits per heavy atom. The minimum atomic E-state index is 0.590. The Labute approximate surface area is 114 Å². The highest BCUT2D eigenvalue weighted by Crippen LogP contribution is 2.66. The van der Waals surface area contributed by atoms with E-state index in [2.05, 4.69) is 16.4 Å². The van der Waals surface area contributed by atoms with E-state index < -0.39 is 0 Å². The van der Waals surface area contributed by atoms with Gasteiger partial charge in [0, 0.05) is 11.7 Å². The van der Waals surface area contributed by atoms with Gasteiger partial charge in [-0.2, -0.15) is 5.26 Å². The van der Waals surface area contributed by atoms with Crippen molar-refractivity contribution < 1.29 is 0 Å². The van der Waals surface area contributed by atoms with Crippen molar-refractivity contribution in [1.82, 2.24) is 4.98 Å². The predicted molar refractivity (Wildman–Crippen MR) is 73.6 cm³/mol. The lowest BCUT2D eigenvalue weighted by atomic mass is 10.0. The Balaban J connectivity index is 1.60. The van der Waals surface area contributed by atoms with E-state index in [1.54, 1.807) is 0 Å². The maximum Gasteiger partial charge on any atom is 0.144 e. The van der Waals surface area contributed by atoms with Crippen LogP contribution in [0.5, 0.6) is 0 Å². The highest BCUT2D eigenvalue weighted by Gasteiger charge is 2.65. The number of nitrogens with one attached hydrogen (secondary N) is 1. The third-order valence-corrected chi connectivity index (χ3v) is 5.50. The smallest absolute Gasteiger partial charge is 0.144 e. The Morgan fingerprint density at radius 1 is 1.26 bits per heavy atom. The summed E-state index contributed by atoms with van der Waals surface area (Å²) in [6, 6.07) is 4.88. The van der Waals surface area contributed by atoms with Gasteiger partial charge < -0.3 is 5.32 Å². The molecule has 3 aliphatic carbocycles. The van der Waals surface area contributed by atoms with E-state index in [1.165, 1.54) is 19.3 Å². The fourth-order valence-corrected chi connectivity index (χ4v) is 4.76. The number of nitriles is 1. The van der Waals surface area contributed by atoms with Crippen LogP contribution in [0.1, 0.15) is 36.1 Å². The zero-order chi connectivity index (χ0) is 13.1. The molecule has 0 aromatic carbocycles. The SMILES string of the molecule is Cc1cc(C)c(C#N)c(NC2C3C4CCC(C4)C23)n1. The van der Waals surface area contributed by atoms with E-state index in [0.717, 1.165) is 46.3 Å². The molecule has 4 rings (SSSR count). The number of fused-ring (bicyclic) bond motifs is 5. The molecule has 2 bridgehead atoms. The van der Waals surface area contributed by atoms with Crippen LogP contribution >= 0.6 is 0 Å². The second-order valence-corrected chi connectivity index (χ2v) is 6.57. The lowest BCUT2D eigenvalue weighted by Gasteiger charge is -2.13. The van der Waals surface area contributed by atoms with Gasteiger partial charge in [0.15, 0.2) is 0 Å². The molecule has 3 aliphatic rings. The normalized spacial score (nSPS) is 37.8. The standard InChI is InChI=1S/C16H19N3/c1-8-5-9(2)18-16(12(8)7-17)19-15-13-10-3-4-11(6-10)14(13)15/h5,10-11,13-15H,3-4,6H2,1-2H3,(H,18,19). The van der Waals surface area contributed by atoms with Gasteiger partial charge in [-0.15, -0.1) is 0 Å². The van der Waals surface area contributed by atoms with E-state index in [4.69, 9.17) is 0 Å². The molecule has 0 aliphatic heterocycles. The second-order valence-electron chi connectivity index (χ2n) is 6.57. The number of pyridine rings is 1. The second kappa shape index (κ2) is 3.72. The van der Waals surface area contributed by atoms with Crippen molar-refractivity contribution >= 4 is 5.82 Å². The van der Waals surface area contributed by atoms with Gasteiger partial charge in [-0.25, -0.2) is 4.98 Å². The summed E-state index contributed by atoms with van der Waals surface area (Å²) in [7, 11) is 0. The van der Waals surface area contributed by atoms with Crippen molar-refractivity contribution in [3.63, 3.8) is 0 Å². The van der Waals surface area contributed by atoms with Gasteiger partial charge in [0.2, 0.25) is 0 Å². The summed E-state index contributed by atoms with van der Waals surface area (Å²) in [6.45, 7) is 3.99. The molecule has 3 nitrogen and oxygen atoms in total. The third kappa shape index (κ3) is 1.52. The largest absolute Gasteiger partial charge is 0.366 e. The van der Waals surface area contributed by atoms with Crippen molar-refractivity contribution in [2.24, 2.45) is 23.7 Å². The van der Waals surface area contributed by atoms with Crippen LogP contribution in [0.3, 0.4) is 0 Å². The van der Waals surface area contributed by atoms with Crippen molar-refractivity contribution in [3.05, 3.63) is 22.9 Å².